The molecule has 0 fully saturated rings. The molecule has 4 nitrogen and oxygen atoms in total. The largest absolute Gasteiger partial charge is 0.477 e. The summed E-state index contributed by atoms with van der Waals surface area (Å²) in [5.74, 6) is -3.47. The Morgan fingerprint density at radius 3 is 2.50 bits per heavy atom. The summed E-state index contributed by atoms with van der Waals surface area (Å²) < 4.78 is 31.2. The molecule has 0 spiro atoms. The summed E-state index contributed by atoms with van der Waals surface area (Å²) in [7, 11) is 0. The third-order valence-electron chi connectivity index (χ3n) is 2.63. The molecular weight excluding hydrogens is 268 g/mol. The molecule has 0 atom stereocenters. The van der Waals surface area contributed by atoms with Gasteiger partial charge in [-0.05, 0) is 37.6 Å². The van der Waals surface area contributed by atoms with E-state index in [9.17, 15) is 13.6 Å². The second kappa shape index (κ2) is 5.24. The van der Waals surface area contributed by atoms with Gasteiger partial charge >= 0.3 is 5.97 Å². The molecule has 1 aromatic heterocycles. The molecule has 0 amide bonds. The maximum atomic E-state index is 13.1. The van der Waals surface area contributed by atoms with Gasteiger partial charge < -0.3 is 9.84 Å². The zero-order chi connectivity index (χ0) is 14.9. The van der Waals surface area contributed by atoms with Crippen LogP contribution in [-0.2, 0) is 0 Å². The molecule has 6 heteroatoms. The van der Waals surface area contributed by atoms with Crippen molar-refractivity contribution in [3.8, 4) is 11.6 Å². The minimum Gasteiger partial charge on any atom is -0.477 e. The number of benzene rings is 1. The van der Waals surface area contributed by atoms with Gasteiger partial charge in [-0.2, -0.15) is 0 Å². The van der Waals surface area contributed by atoms with E-state index in [1.54, 1.807) is 19.9 Å². The Balaban J connectivity index is 2.47. The number of rotatable bonds is 3. The number of carbonyl (C=O) groups is 1. The first-order valence-corrected chi connectivity index (χ1v) is 5.73. The van der Waals surface area contributed by atoms with Crippen LogP contribution in [0, 0.1) is 25.5 Å². The fourth-order valence-corrected chi connectivity index (χ4v) is 1.79. The molecule has 0 aliphatic rings. The second-order valence-electron chi connectivity index (χ2n) is 4.24. The van der Waals surface area contributed by atoms with Crippen LogP contribution in [0.1, 0.15) is 21.6 Å². The third-order valence-corrected chi connectivity index (χ3v) is 2.63. The molecule has 0 aliphatic carbocycles. The highest BCUT2D eigenvalue weighted by Gasteiger charge is 2.18. The summed E-state index contributed by atoms with van der Waals surface area (Å²) in [6.07, 6.45) is 0. The zero-order valence-electron chi connectivity index (χ0n) is 10.8. The van der Waals surface area contributed by atoms with E-state index in [4.69, 9.17) is 9.84 Å². The lowest BCUT2D eigenvalue weighted by Gasteiger charge is -2.11. The van der Waals surface area contributed by atoms with Crippen molar-refractivity contribution >= 4 is 5.97 Å². The molecule has 104 valence electrons. The number of carboxylic acid groups (broad SMARTS) is 1. The van der Waals surface area contributed by atoms with E-state index in [0.717, 1.165) is 12.1 Å². The first-order chi connectivity index (χ1) is 9.38. The van der Waals surface area contributed by atoms with Crippen molar-refractivity contribution in [2.75, 3.05) is 0 Å². The number of carboxylic acids is 1. The molecule has 0 radical (unpaired) electrons. The van der Waals surface area contributed by atoms with Gasteiger partial charge in [0, 0.05) is 11.8 Å². The van der Waals surface area contributed by atoms with Crippen molar-refractivity contribution in [2.24, 2.45) is 0 Å². The quantitative estimate of drug-likeness (QED) is 0.934. The fourth-order valence-electron chi connectivity index (χ4n) is 1.79. The molecule has 0 aliphatic heterocycles. The van der Waals surface area contributed by atoms with Gasteiger partial charge in [0.25, 0.3) is 0 Å². The number of hydrogen-bond donors (Lipinski definition) is 1. The first-order valence-electron chi connectivity index (χ1n) is 5.73. The minimum absolute atomic E-state index is 0.0242. The molecule has 0 bridgehead atoms. The van der Waals surface area contributed by atoms with Gasteiger partial charge in [0.15, 0.2) is 11.6 Å². The number of aromatic nitrogens is 1. The molecule has 1 aromatic carbocycles. The Labute approximate surface area is 113 Å². The zero-order valence-corrected chi connectivity index (χ0v) is 10.8. The van der Waals surface area contributed by atoms with Gasteiger partial charge in [0.1, 0.15) is 11.3 Å². The Morgan fingerprint density at radius 1 is 1.20 bits per heavy atom. The van der Waals surface area contributed by atoms with Gasteiger partial charge in [0.05, 0.1) is 0 Å². The topological polar surface area (TPSA) is 59.4 Å². The lowest BCUT2D eigenvalue weighted by molar-refractivity contribution is 0.0692. The van der Waals surface area contributed by atoms with E-state index < -0.39 is 17.6 Å². The van der Waals surface area contributed by atoms with E-state index in [1.807, 2.05) is 0 Å². The molecule has 2 aromatic rings. The van der Waals surface area contributed by atoms with Gasteiger partial charge in [-0.3, -0.25) is 0 Å². The number of ether oxygens (including phenoxy) is 1. The summed E-state index contributed by atoms with van der Waals surface area (Å²) in [6, 6.07) is 4.53. The Morgan fingerprint density at radius 2 is 1.90 bits per heavy atom. The highest BCUT2D eigenvalue weighted by atomic mass is 19.2. The fraction of sp³-hybridized carbons (Fsp3) is 0.143. The van der Waals surface area contributed by atoms with Crippen molar-refractivity contribution in [2.45, 2.75) is 13.8 Å². The normalized spacial score (nSPS) is 10.4. The smallest absolute Gasteiger partial charge is 0.341 e. The Hall–Kier alpha value is -2.50. The van der Waals surface area contributed by atoms with E-state index in [0.29, 0.717) is 11.3 Å². The predicted octanol–water partition coefficient (Wildman–Crippen LogP) is 3.47. The minimum atomic E-state index is -1.20. The van der Waals surface area contributed by atoms with Crippen LogP contribution in [-0.4, -0.2) is 16.1 Å². The van der Waals surface area contributed by atoms with Gasteiger partial charge in [-0.1, -0.05) is 0 Å². The van der Waals surface area contributed by atoms with Crippen LogP contribution in [0.5, 0.6) is 11.6 Å². The van der Waals surface area contributed by atoms with E-state index in [2.05, 4.69) is 4.98 Å². The van der Waals surface area contributed by atoms with Crippen LogP contribution in [0.4, 0.5) is 8.78 Å². The molecule has 0 unspecified atom stereocenters. The van der Waals surface area contributed by atoms with Gasteiger partial charge in [-0.15, -0.1) is 0 Å². The monoisotopic (exact) mass is 279 g/mol. The molecule has 20 heavy (non-hydrogen) atoms. The molecular formula is C14H11F2NO3. The maximum Gasteiger partial charge on any atom is 0.341 e. The molecule has 1 heterocycles. The Bertz CT molecular complexity index is 686. The average molecular weight is 279 g/mol. The van der Waals surface area contributed by atoms with Gasteiger partial charge in [-0.25, -0.2) is 18.6 Å². The summed E-state index contributed by atoms with van der Waals surface area (Å²) in [5, 5.41) is 9.16. The number of halogens is 2. The number of pyridine rings is 1. The van der Waals surface area contributed by atoms with Crippen LogP contribution in [0.2, 0.25) is 0 Å². The van der Waals surface area contributed by atoms with Crippen LogP contribution in [0.25, 0.3) is 0 Å². The lowest BCUT2D eigenvalue weighted by Crippen LogP contribution is -2.06. The first kappa shape index (κ1) is 13.9. The van der Waals surface area contributed by atoms with E-state index >= 15 is 0 Å². The van der Waals surface area contributed by atoms with Crippen LogP contribution >= 0.6 is 0 Å². The number of aryl methyl sites for hydroxylation is 2. The number of hydrogen-bond acceptors (Lipinski definition) is 3. The van der Waals surface area contributed by atoms with E-state index in [1.165, 1.54) is 6.07 Å². The van der Waals surface area contributed by atoms with Crippen LogP contribution in [0.15, 0.2) is 24.3 Å². The molecule has 2 rings (SSSR count). The second-order valence-corrected chi connectivity index (χ2v) is 4.24. The van der Waals surface area contributed by atoms with Crippen molar-refractivity contribution in [3.05, 3.63) is 52.7 Å². The summed E-state index contributed by atoms with van der Waals surface area (Å²) in [6.45, 7) is 3.28. The predicted molar refractivity (Wildman–Crippen MR) is 67.1 cm³/mol. The summed E-state index contributed by atoms with van der Waals surface area (Å²) in [4.78, 5) is 15.2. The number of nitrogens with zero attached hydrogens (tertiary/aromatic N) is 1. The van der Waals surface area contributed by atoms with Crippen LogP contribution in [0.3, 0.4) is 0 Å². The van der Waals surface area contributed by atoms with Crippen molar-refractivity contribution < 1.29 is 23.4 Å². The van der Waals surface area contributed by atoms with E-state index in [-0.39, 0.29) is 17.2 Å². The number of aromatic carboxylic acids is 1. The molecule has 0 saturated carbocycles. The summed E-state index contributed by atoms with van der Waals surface area (Å²) >= 11 is 0. The van der Waals surface area contributed by atoms with Crippen molar-refractivity contribution in [1.29, 1.82) is 0 Å². The third kappa shape index (κ3) is 2.74. The maximum absolute atomic E-state index is 13.1. The lowest BCUT2D eigenvalue weighted by atomic mass is 10.1. The standard InChI is InChI=1S/C14H11F2NO3/c1-7-5-8(2)17-13(12(7)14(18)19)20-9-3-4-10(15)11(16)6-9/h3-6H,1-2H3,(H,18,19). The highest BCUT2D eigenvalue weighted by molar-refractivity contribution is 5.92. The van der Waals surface area contributed by atoms with Crippen LogP contribution < -0.4 is 4.74 Å². The van der Waals surface area contributed by atoms with Crippen molar-refractivity contribution in [1.82, 2.24) is 4.98 Å². The van der Waals surface area contributed by atoms with Gasteiger partial charge in [0.2, 0.25) is 5.88 Å². The molecule has 1 N–H and O–H groups in total. The summed E-state index contributed by atoms with van der Waals surface area (Å²) in [5.41, 5.74) is 0.924. The Kier molecular flexibility index (Phi) is 3.65. The highest BCUT2D eigenvalue weighted by Crippen LogP contribution is 2.27. The molecule has 0 saturated heterocycles. The average Bonchev–Trinajstić information content (AvgIpc) is 2.32. The van der Waals surface area contributed by atoms with Crippen molar-refractivity contribution in [3.63, 3.8) is 0 Å². The SMILES string of the molecule is Cc1cc(C)c(C(=O)O)c(Oc2ccc(F)c(F)c2)n1.